The zero-order valence-corrected chi connectivity index (χ0v) is 11.4. The Hall–Kier alpha value is -1.69. The highest BCUT2D eigenvalue weighted by Gasteiger charge is 2.21. The van der Waals surface area contributed by atoms with Crippen molar-refractivity contribution < 1.29 is 9.90 Å². The zero-order valence-electron chi connectivity index (χ0n) is 11.4. The Morgan fingerprint density at radius 2 is 2.05 bits per heavy atom. The fourth-order valence-corrected chi connectivity index (χ4v) is 2.47. The molecule has 1 saturated heterocycles. The highest BCUT2D eigenvalue weighted by atomic mass is 16.4. The van der Waals surface area contributed by atoms with Crippen LogP contribution in [0.25, 0.3) is 0 Å². The van der Waals surface area contributed by atoms with Gasteiger partial charge in [0.25, 0.3) is 0 Å². The number of carboxylic acids is 1. The maximum Gasteiger partial charge on any atom is 0.356 e. The van der Waals surface area contributed by atoms with Gasteiger partial charge in [-0.3, -0.25) is 0 Å². The summed E-state index contributed by atoms with van der Waals surface area (Å²) in [6, 6.07) is 3.25. The first-order valence-corrected chi connectivity index (χ1v) is 6.53. The molecule has 1 aliphatic heterocycles. The number of nitrogens with zero attached hydrogens (tertiary/aromatic N) is 4. The van der Waals surface area contributed by atoms with Gasteiger partial charge in [-0.2, -0.15) is 0 Å². The Kier molecular flexibility index (Phi) is 4.31. The Morgan fingerprint density at radius 1 is 1.37 bits per heavy atom. The van der Waals surface area contributed by atoms with Crippen LogP contribution in [-0.2, 0) is 0 Å². The van der Waals surface area contributed by atoms with Crippen molar-refractivity contribution in [3.05, 3.63) is 17.8 Å². The highest BCUT2D eigenvalue weighted by molar-refractivity contribution is 5.85. The minimum absolute atomic E-state index is 0.00811. The van der Waals surface area contributed by atoms with Crippen molar-refractivity contribution in [3.63, 3.8) is 0 Å². The second-order valence-corrected chi connectivity index (χ2v) is 5.27. The lowest BCUT2D eigenvalue weighted by Gasteiger charge is -2.33. The van der Waals surface area contributed by atoms with Crippen molar-refractivity contribution in [2.75, 3.05) is 38.6 Å². The molecule has 1 fully saturated rings. The van der Waals surface area contributed by atoms with Crippen LogP contribution >= 0.6 is 0 Å². The number of carboxylic acid groups (broad SMARTS) is 1. The van der Waals surface area contributed by atoms with Crippen LogP contribution in [0.15, 0.2) is 12.1 Å². The van der Waals surface area contributed by atoms with Crippen LogP contribution in [0.4, 0.5) is 5.82 Å². The molecular formula is C13H20N4O2. The van der Waals surface area contributed by atoms with E-state index in [9.17, 15) is 4.79 Å². The number of hydrogen-bond acceptors (Lipinski definition) is 5. The normalized spacial score (nSPS) is 16.9. The largest absolute Gasteiger partial charge is 0.476 e. The summed E-state index contributed by atoms with van der Waals surface area (Å²) in [6.45, 7) is 3.04. The minimum Gasteiger partial charge on any atom is -0.476 e. The van der Waals surface area contributed by atoms with E-state index in [1.807, 2.05) is 0 Å². The highest BCUT2D eigenvalue weighted by Crippen LogP contribution is 2.21. The molecule has 1 N–H and O–H groups in total. The molecule has 6 nitrogen and oxygen atoms in total. The fraction of sp³-hybridized carbons (Fsp3) is 0.615. The van der Waals surface area contributed by atoms with Crippen molar-refractivity contribution in [1.82, 2.24) is 15.1 Å². The van der Waals surface area contributed by atoms with Gasteiger partial charge in [-0.15, -0.1) is 10.2 Å². The summed E-state index contributed by atoms with van der Waals surface area (Å²) in [5, 5.41) is 16.5. The van der Waals surface area contributed by atoms with Gasteiger partial charge in [0.1, 0.15) is 0 Å². The summed E-state index contributed by atoms with van der Waals surface area (Å²) in [6.07, 6.45) is 2.28. The molecule has 0 saturated carbocycles. The number of rotatable bonds is 4. The zero-order chi connectivity index (χ0) is 13.8. The van der Waals surface area contributed by atoms with Crippen LogP contribution in [0.2, 0.25) is 0 Å². The standard InChI is InChI=1S/C13H20N4O2/c1-16(2)9-10-5-7-17(8-6-10)12-4-3-11(13(18)19)14-15-12/h3-4,10H,5-9H2,1-2H3,(H,18,19). The first-order valence-electron chi connectivity index (χ1n) is 6.53. The van der Waals surface area contributed by atoms with E-state index in [4.69, 9.17) is 5.11 Å². The van der Waals surface area contributed by atoms with Crippen LogP contribution in [0.3, 0.4) is 0 Å². The summed E-state index contributed by atoms with van der Waals surface area (Å²) < 4.78 is 0. The van der Waals surface area contributed by atoms with Crippen molar-refractivity contribution in [2.45, 2.75) is 12.8 Å². The van der Waals surface area contributed by atoms with Crippen LogP contribution in [0.1, 0.15) is 23.3 Å². The van der Waals surface area contributed by atoms with E-state index < -0.39 is 5.97 Å². The SMILES string of the molecule is CN(C)CC1CCN(c2ccc(C(=O)O)nn2)CC1. The Bertz CT molecular complexity index is 425. The van der Waals surface area contributed by atoms with Crippen molar-refractivity contribution in [3.8, 4) is 0 Å². The first kappa shape index (κ1) is 13.7. The number of aromatic carboxylic acids is 1. The number of anilines is 1. The van der Waals surface area contributed by atoms with Gasteiger partial charge in [0.15, 0.2) is 11.5 Å². The quantitative estimate of drug-likeness (QED) is 0.873. The van der Waals surface area contributed by atoms with E-state index in [1.54, 1.807) is 6.07 Å². The Morgan fingerprint density at radius 3 is 2.53 bits per heavy atom. The summed E-state index contributed by atoms with van der Waals surface area (Å²) in [5.74, 6) is 0.467. The fourth-order valence-electron chi connectivity index (χ4n) is 2.47. The molecule has 1 aromatic heterocycles. The predicted octanol–water partition coefficient (Wildman–Crippen LogP) is 0.953. The molecule has 0 atom stereocenters. The van der Waals surface area contributed by atoms with E-state index in [1.165, 1.54) is 6.07 Å². The average molecular weight is 264 g/mol. The molecule has 1 aromatic rings. The third-order valence-electron chi connectivity index (χ3n) is 3.43. The van der Waals surface area contributed by atoms with Crippen LogP contribution < -0.4 is 4.90 Å². The van der Waals surface area contributed by atoms with E-state index >= 15 is 0 Å². The minimum atomic E-state index is -1.04. The molecule has 2 rings (SSSR count). The summed E-state index contributed by atoms with van der Waals surface area (Å²) in [7, 11) is 4.20. The van der Waals surface area contributed by atoms with Crippen LogP contribution in [0, 0.1) is 5.92 Å². The number of hydrogen-bond donors (Lipinski definition) is 1. The monoisotopic (exact) mass is 264 g/mol. The maximum atomic E-state index is 10.7. The summed E-state index contributed by atoms with van der Waals surface area (Å²) >= 11 is 0. The molecular weight excluding hydrogens is 244 g/mol. The van der Waals surface area contributed by atoms with E-state index in [-0.39, 0.29) is 5.69 Å². The molecule has 19 heavy (non-hydrogen) atoms. The van der Waals surface area contributed by atoms with Crippen molar-refractivity contribution >= 4 is 11.8 Å². The van der Waals surface area contributed by atoms with Gasteiger partial charge in [0, 0.05) is 19.6 Å². The number of carbonyl (C=O) groups is 1. The lowest BCUT2D eigenvalue weighted by molar-refractivity contribution is 0.0689. The van der Waals surface area contributed by atoms with Gasteiger partial charge >= 0.3 is 5.97 Å². The second-order valence-electron chi connectivity index (χ2n) is 5.27. The first-order chi connectivity index (χ1) is 9.06. The molecule has 0 unspecified atom stereocenters. The molecule has 6 heteroatoms. The maximum absolute atomic E-state index is 10.7. The van der Waals surface area contributed by atoms with Crippen molar-refractivity contribution in [2.24, 2.45) is 5.92 Å². The number of piperidine rings is 1. The third kappa shape index (κ3) is 3.64. The molecule has 0 radical (unpaired) electrons. The van der Waals surface area contributed by atoms with Gasteiger partial charge in [0.2, 0.25) is 0 Å². The molecule has 0 amide bonds. The molecule has 0 spiro atoms. The summed E-state index contributed by atoms with van der Waals surface area (Å²) in [4.78, 5) is 15.1. The predicted molar refractivity (Wildman–Crippen MR) is 72.5 cm³/mol. The van der Waals surface area contributed by atoms with Gasteiger partial charge in [-0.05, 0) is 45.0 Å². The lowest BCUT2D eigenvalue weighted by atomic mass is 9.96. The van der Waals surface area contributed by atoms with Crippen LogP contribution in [-0.4, -0.2) is 59.9 Å². The molecule has 0 aliphatic carbocycles. The van der Waals surface area contributed by atoms with Gasteiger partial charge < -0.3 is 14.9 Å². The smallest absolute Gasteiger partial charge is 0.356 e. The Balaban J connectivity index is 1.92. The topological polar surface area (TPSA) is 69.6 Å². The van der Waals surface area contributed by atoms with Crippen LogP contribution in [0.5, 0.6) is 0 Å². The lowest BCUT2D eigenvalue weighted by Crippen LogP contribution is -2.37. The van der Waals surface area contributed by atoms with E-state index in [0.717, 1.165) is 44.2 Å². The molecule has 0 aromatic carbocycles. The average Bonchev–Trinajstić information content (AvgIpc) is 2.39. The molecule has 2 heterocycles. The van der Waals surface area contributed by atoms with Gasteiger partial charge in [-0.1, -0.05) is 0 Å². The number of aromatic nitrogens is 2. The Labute approximate surface area is 113 Å². The van der Waals surface area contributed by atoms with Crippen molar-refractivity contribution in [1.29, 1.82) is 0 Å². The molecule has 0 bridgehead atoms. The van der Waals surface area contributed by atoms with E-state index in [0.29, 0.717) is 0 Å². The van der Waals surface area contributed by atoms with Gasteiger partial charge in [0.05, 0.1) is 0 Å². The molecule has 104 valence electrons. The van der Waals surface area contributed by atoms with Gasteiger partial charge in [-0.25, -0.2) is 4.79 Å². The summed E-state index contributed by atoms with van der Waals surface area (Å²) in [5.41, 5.74) is -0.00811. The third-order valence-corrected chi connectivity index (χ3v) is 3.43. The second kappa shape index (κ2) is 5.97. The van der Waals surface area contributed by atoms with E-state index in [2.05, 4.69) is 34.1 Å². The molecule has 1 aliphatic rings.